The van der Waals surface area contributed by atoms with Gasteiger partial charge in [-0.3, -0.25) is 9.59 Å². The quantitative estimate of drug-likeness (QED) is 0.667. The number of carbonyl (C=O) groups is 2. The number of rotatable bonds is 9. The number of hydrogen-bond donors (Lipinski definition) is 1. The zero-order valence-electron chi connectivity index (χ0n) is 18.3. The van der Waals surface area contributed by atoms with Crippen LogP contribution in [0.4, 0.5) is 0 Å². The Morgan fingerprint density at radius 3 is 2.84 bits per heavy atom. The molecule has 0 aliphatic carbocycles. The number of amides is 2. The highest BCUT2D eigenvalue weighted by atomic mass is 16.5. The van der Waals surface area contributed by atoms with Crippen molar-refractivity contribution in [3.63, 3.8) is 0 Å². The minimum Gasteiger partial charge on any atom is -0.493 e. The van der Waals surface area contributed by atoms with E-state index in [0.29, 0.717) is 32.0 Å². The van der Waals surface area contributed by atoms with Gasteiger partial charge in [0, 0.05) is 25.4 Å². The number of nitrogens with zero attached hydrogens (tertiary/aromatic N) is 2. The summed E-state index contributed by atoms with van der Waals surface area (Å²) in [5.74, 6) is 0.878. The molecule has 166 valence electrons. The van der Waals surface area contributed by atoms with E-state index in [1.54, 1.807) is 29.3 Å². The molecular weight excluding hydrogens is 394 g/mol. The number of benzene rings is 1. The smallest absolute Gasteiger partial charge is 0.261 e. The highest BCUT2D eigenvalue weighted by Gasteiger charge is 2.31. The first-order chi connectivity index (χ1) is 15.1. The number of hydrogen-bond acceptors (Lipinski definition) is 5. The van der Waals surface area contributed by atoms with Crippen LogP contribution in [0.15, 0.2) is 42.6 Å². The first-order valence-corrected chi connectivity index (χ1v) is 10.9. The molecule has 1 N–H and O–H groups in total. The summed E-state index contributed by atoms with van der Waals surface area (Å²) < 4.78 is 11.3. The highest BCUT2D eigenvalue weighted by Crippen LogP contribution is 2.22. The van der Waals surface area contributed by atoms with Gasteiger partial charge < -0.3 is 19.7 Å². The van der Waals surface area contributed by atoms with Gasteiger partial charge in [-0.25, -0.2) is 4.98 Å². The van der Waals surface area contributed by atoms with E-state index >= 15 is 0 Å². The van der Waals surface area contributed by atoms with E-state index in [0.717, 1.165) is 36.1 Å². The minimum absolute atomic E-state index is 0.108. The van der Waals surface area contributed by atoms with E-state index in [-0.39, 0.29) is 18.4 Å². The summed E-state index contributed by atoms with van der Waals surface area (Å²) in [6, 6.07) is 10.7. The molecule has 1 fully saturated rings. The molecule has 1 aliphatic rings. The standard InChI is InChI=1S/C24H31N3O4/c1-3-14-30-21-11-10-19(15-18(21)2)16-27(20-8-4-6-13-26-24(20)29)23(28)17-31-22-9-5-7-12-25-22/h5,7,9-12,15,20H,3-4,6,8,13-14,16-17H2,1-2H3,(H,26,29). The van der Waals surface area contributed by atoms with Crippen LogP contribution in [0.5, 0.6) is 11.6 Å². The van der Waals surface area contributed by atoms with E-state index < -0.39 is 6.04 Å². The molecule has 2 aromatic rings. The third-order valence-electron chi connectivity index (χ3n) is 5.24. The molecule has 31 heavy (non-hydrogen) atoms. The average molecular weight is 426 g/mol. The number of pyridine rings is 1. The van der Waals surface area contributed by atoms with Gasteiger partial charge in [-0.2, -0.15) is 0 Å². The first-order valence-electron chi connectivity index (χ1n) is 10.9. The van der Waals surface area contributed by atoms with E-state index in [2.05, 4.69) is 17.2 Å². The van der Waals surface area contributed by atoms with E-state index in [1.165, 1.54) is 0 Å². The van der Waals surface area contributed by atoms with Gasteiger partial charge >= 0.3 is 0 Å². The molecule has 1 aromatic carbocycles. The lowest BCUT2D eigenvalue weighted by Gasteiger charge is -2.30. The molecule has 7 nitrogen and oxygen atoms in total. The van der Waals surface area contributed by atoms with Gasteiger partial charge in [0.05, 0.1) is 6.61 Å². The third-order valence-corrected chi connectivity index (χ3v) is 5.24. The summed E-state index contributed by atoms with van der Waals surface area (Å²) in [6.07, 6.45) is 4.99. The molecule has 2 amide bonds. The van der Waals surface area contributed by atoms with Crippen LogP contribution < -0.4 is 14.8 Å². The lowest BCUT2D eigenvalue weighted by Crippen LogP contribution is -2.49. The molecule has 0 radical (unpaired) electrons. The Balaban J connectivity index is 1.77. The van der Waals surface area contributed by atoms with Crippen molar-refractivity contribution in [1.29, 1.82) is 0 Å². The fraction of sp³-hybridized carbons (Fsp3) is 0.458. The van der Waals surface area contributed by atoms with Crippen LogP contribution in [-0.4, -0.2) is 47.5 Å². The van der Waals surface area contributed by atoms with Crippen LogP contribution in [0.2, 0.25) is 0 Å². The van der Waals surface area contributed by atoms with E-state index in [4.69, 9.17) is 9.47 Å². The van der Waals surface area contributed by atoms with Gasteiger partial charge in [0.2, 0.25) is 11.8 Å². The van der Waals surface area contributed by atoms with Crippen molar-refractivity contribution >= 4 is 11.8 Å². The van der Waals surface area contributed by atoms with Crippen molar-refractivity contribution in [2.45, 2.75) is 52.1 Å². The lowest BCUT2D eigenvalue weighted by molar-refractivity contribution is -0.142. The van der Waals surface area contributed by atoms with Crippen molar-refractivity contribution in [2.75, 3.05) is 19.8 Å². The van der Waals surface area contributed by atoms with Gasteiger partial charge in [0.1, 0.15) is 11.8 Å². The summed E-state index contributed by atoms with van der Waals surface area (Å²) in [5, 5.41) is 2.93. The summed E-state index contributed by atoms with van der Waals surface area (Å²) >= 11 is 0. The van der Waals surface area contributed by atoms with Crippen molar-refractivity contribution in [3.8, 4) is 11.6 Å². The molecule has 2 heterocycles. The maximum absolute atomic E-state index is 13.1. The molecule has 0 bridgehead atoms. The molecule has 1 aromatic heterocycles. The van der Waals surface area contributed by atoms with Crippen LogP contribution in [0.3, 0.4) is 0 Å². The van der Waals surface area contributed by atoms with Crippen molar-refractivity contribution < 1.29 is 19.1 Å². The van der Waals surface area contributed by atoms with Gasteiger partial charge in [0.25, 0.3) is 5.91 Å². The number of aromatic nitrogens is 1. The Morgan fingerprint density at radius 1 is 1.23 bits per heavy atom. The number of nitrogens with one attached hydrogen (secondary N) is 1. The second-order valence-corrected chi connectivity index (χ2v) is 7.73. The summed E-state index contributed by atoms with van der Waals surface area (Å²) in [6.45, 7) is 5.53. The van der Waals surface area contributed by atoms with Gasteiger partial charge in [0.15, 0.2) is 6.61 Å². The minimum atomic E-state index is -0.515. The molecule has 7 heteroatoms. The van der Waals surface area contributed by atoms with E-state index in [9.17, 15) is 9.59 Å². The second kappa shape index (κ2) is 11.3. The summed E-state index contributed by atoms with van der Waals surface area (Å²) in [5.41, 5.74) is 1.96. The van der Waals surface area contributed by atoms with Gasteiger partial charge in [-0.15, -0.1) is 0 Å². The first kappa shape index (κ1) is 22.6. The molecule has 0 spiro atoms. The van der Waals surface area contributed by atoms with Crippen LogP contribution in [0.25, 0.3) is 0 Å². The monoisotopic (exact) mass is 425 g/mol. The van der Waals surface area contributed by atoms with Crippen LogP contribution in [0, 0.1) is 6.92 Å². The highest BCUT2D eigenvalue weighted by molar-refractivity contribution is 5.88. The van der Waals surface area contributed by atoms with Crippen molar-refractivity contribution in [3.05, 3.63) is 53.7 Å². The molecule has 1 atom stereocenters. The predicted octanol–water partition coefficient (Wildman–Crippen LogP) is 3.26. The van der Waals surface area contributed by atoms with E-state index in [1.807, 2.05) is 25.1 Å². The normalized spacial score (nSPS) is 16.2. The van der Waals surface area contributed by atoms with Crippen LogP contribution in [0.1, 0.15) is 43.7 Å². The Hall–Kier alpha value is -3.09. The maximum Gasteiger partial charge on any atom is 0.261 e. The molecule has 1 saturated heterocycles. The van der Waals surface area contributed by atoms with Gasteiger partial charge in [-0.1, -0.05) is 25.1 Å². The molecule has 3 rings (SSSR count). The fourth-order valence-corrected chi connectivity index (χ4v) is 3.62. The van der Waals surface area contributed by atoms with Crippen molar-refractivity contribution in [1.82, 2.24) is 15.2 Å². The number of aryl methyl sites for hydroxylation is 1. The number of carbonyl (C=O) groups excluding carboxylic acids is 2. The van der Waals surface area contributed by atoms with Gasteiger partial charge in [-0.05, 0) is 55.9 Å². The Morgan fingerprint density at radius 2 is 2.10 bits per heavy atom. The fourth-order valence-electron chi connectivity index (χ4n) is 3.62. The topological polar surface area (TPSA) is 80.8 Å². The Labute approximate surface area is 183 Å². The predicted molar refractivity (Wildman–Crippen MR) is 118 cm³/mol. The molecule has 0 saturated carbocycles. The zero-order valence-corrected chi connectivity index (χ0v) is 18.3. The zero-order chi connectivity index (χ0) is 22.1. The van der Waals surface area contributed by atoms with Crippen molar-refractivity contribution in [2.24, 2.45) is 0 Å². The lowest BCUT2D eigenvalue weighted by atomic mass is 10.1. The average Bonchev–Trinajstić information content (AvgIpc) is 3.00. The molecular formula is C24H31N3O4. The summed E-state index contributed by atoms with van der Waals surface area (Å²) in [7, 11) is 0. The second-order valence-electron chi connectivity index (χ2n) is 7.73. The molecule has 1 aliphatic heterocycles. The Kier molecular flexibility index (Phi) is 8.27. The summed E-state index contributed by atoms with van der Waals surface area (Å²) in [4.78, 5) is 31.6. The number of ether oxygens (including phenoxy) is 2. The SMILES string of the molecule is CCCOc1ccc(CN(C(=O)COc2ccccn2)C2CCCCNC2=O)cc1C. The van der Waals surface area contributed by atoms with Crippen LogP contribution in [-0.2, 0) is 16.1 Å². The maximum atomic E-state index is 13.1. The third kappa shape index (κ3) is 6.44. The largest absolute Gasteiger partial charge is 0.493 e. The van der Waals surface area contributed by atoms with Crippen LogP contribution >= 0.6 is 0 Å². The molecule has 1 unspecified atom stereocenters. The Bertz CT molecular complexity index is 872.